The van der Waals surface area contributed by atoms with Crippen molar-refractivity contribution in [2.45, 2.75) is 6.92 Å². The number of rotatable bonds is 3. The van der Waals surface area contributed by atoms with Crippen LogP contribution in [-0.2, 0) is 0 Å². The number of benzene rings is 2. The van der Waals surface area contributed by atoms with Crippen molar-refractivity contribution < 1.29 is 0 Å². The molecule has 2 aromatic rings. The summed E-state index contributed by atoms with van der Waals surface area (Å²) in [7, 11) is 0. The van der Waals surface area contributed by atoms with Crippen molar-refractivity contribution >= 4 is 56.1 Å². The van der Waals surface area contributed by atoms with Crippen LogP contribution in [0, 0.1) is 6.92 Å². The van der Waals surface area contributed by atoms with E-state index in [0.29, 0.717) is 10.0 Å². The summed E-state index contributed by atoms with van der Waals surface area (Å²) in [5.74, 6) is 0. The van der Waals surface area contributed by atoms with Gasteiger partial charge in [0.1, 0.15) is 4.99 Å². The van der Waals surface area contributed by atoms with E-state index in [2.05, 4.69) is 21.2 Å². The zero-order valence-corrected chi connectivity index (χ0v) is 13.4. The van der Waals surface area contributed by atoms with Gasteiger partial charge in [0.15, 0.2) is 0 Å². The molecule has 2 nitrogen and oxygen atoms in total. The fourth-order valence-corrected chi connectivity index (χ4v) is 2.40. The SMILES string of the molecule is Cc1ccc(Nc2cc(Cl)ccc2Br)c(C(N)=S)c1. The average molecular weight is 356 g/mol. The number of nitrogens with one attached hydrogen (secondary N) is 1. The Labute approximate surface area is 131 Å². The molecule has 0 atom stereocenters. The van der Waals surface area contributed by atoms with E-state index in [1.807, 2.05) is 43.3 Å². The van der Waals surface area contributed by atoms with Gasteiger partial charge in [-0.25, -0.2) is 0 Å². The molecule has 98 valence electrons. The third kappa shape index (κ3) is 3.47. The minimum atomic E-state index is 0.365. The van der Waals surface area contributed by atoms with E-state index in [0.717, 1.165) is 27.0 Å². The van der Waals surface area contributed by atoms with Gasteiger partial charge in [0, 0.05) is 20.7 Å². The van der Waals surface area contributed by atoms with Crippen molar-refractivity contribution in [3.8, 4) is 0 Å². The largest absolute Gasteiger partial charge is 0.389 e. The summed E-state index contributed by atoms with van der Waals surface area (Å²) >= 11 is 14.6. The number of aryl methyl sites for hydroxylation is 1. The smallest absolute Gasteiger partial charge is 0.106 e. The standard InChI is InChI=1S/C14H12BrClN2S/c1-8-2-5-12(10(6-8)14(17)19)18-13-7-9(16)3-4-11(13)15/h2-7,18H,1H3,(H2,17,19). The van der Waals surface area contributed by atoms with Crippen LogP contribution in [0.25, 0.3) is 0 Å². The van der Waals surface area contributed by atoms with E-state index >= 15 is 0 Å². The van der Waals surface area contributed by atoms with E-state index in [9.17, 15) is 0 Å². The molecule has 0 saturated carbocycles. The molecule has 0 unspecified atom stereocenters. The highest BCUT2D eigenvalue weighted by Gasteiger charge is 2.08. The monoisotopic (exact) mass is 354 g/mol. The summed E-state index contributed by atoms with van der Waals surface area (Å²) in [6.45, 7) is 2.00. The molecule has 19 heavy (non-hydrogen) atoms. The van der Waals surface area contributed by atoms with Crippen molar-refractivity contribution in [3.05, 3.63) is 57.0 Å². The zero-order chi connectivity index (χ0) is 14.0. The molecule has 2 rings (SSSR count). The van der Waals surface area contributed by atoms with Gasteiger partial charge in [0.2, 0.25) is 0 Å². The summed E-state index contributed by atoms with van der Waals surface area (Å²) in [6.07, 6.45) is 0. The first-order valence-corrected chi connectivity index (χ1v) is 7.18. The highest BCUT2D eigenvalue weighted by molar-refractivity contribution is 9.10. The van der Waals surface area contributed by atoms with Crippen molar-refractivity contribution in [2.75, 3.05) is 5.32 Å². The second-order valence-electron chi connectivity index (χ2n) is 4.16. The molecule has 5 heteroatoms. The molecule has 0 radical (unpaired) electrons. The Balaban J connectivity index is 2.43. The van der Waals surface area contributed by atoms with Crippen molar-refractivity contribution in [2.24, 2.45) is 5.73 Å². The molecule has 0 saturated heterocycles. The average Bonchev–Trinajstić information content (AvgIpc) is 2.35. The van der Waals surface area contributed by atoms with Gasteiger partial charge in [-0.15, -0.1) is 0 Å². The lowest BCUT2D eigenvalue weighted by Gasteiger charge is -2.13. The van der Waals surface area contributed by atoms with Crippen LogP contribution in [0.15, 0.2) is 40.9 Å². The quantitative estimate of drug-likeness (QED) is 0.778. The van der Waals surface area contributed by atoms with Crippen LogP contribution in [0.2, 0.25) is 5.02 Å². The van der Waals surface area contributed by atoms with Crippen LogP contribution in [0.5, 0.6) is 0 Å². The first kappa shape index (κ1) is 14.3. The van der Waals surface area contributed by atoms with Gasteiger partial charge in [-0.05, 0) is 53.2 Å². The Morgan fingerprint density at radius 2 is 1.95 bits per heavy atom. The Morgan fingerprint density at radius 1 is 1.21 bits per heavy atom. The van der Waals surface area contributed by atoms with E-state index in [4.69, 9.17) is 29.6 Å². The second-order valence-corrected chi connectivity index (χ2v) is 5.89. The maximum absolute atomic E-state index is 6.00. The van der Waals surface area contributed by atoms with Crippen molar-refractivity contribution in [1.82, 2.24) is 0 Å². The molecular formula is C14H12BrClN2S. The highest BCUT2D eigenvalue weighted by atomic mass is 79.9. The number of thiocarbonyl (C=S) groups is 1. The minimum Gasteiger partial charge on any atom is -0.389 e. The Kier molecular flexibility index (Phi) is 4.45. The first-order chi connectivity index (χ1) is 8.97. The van der Waals surface area contributed by atoms with Crippen molar-refractivity contribution in [3.63, 3.8) is 0 Å². The van der Waals surface area contributed by atoms with Crippen LogP contribution in [0.4, 0.5) is 11.4 Å². The Hall–Kier alpha value is -1.10. The maximum Gasteiger partial charge on any atom is 0.106 e. The summed E-state index contributed by atoms with van der Waals surface area (Å²) in [5, 5.41) is 3.95. The number of anilines is 2. The summed E-state index contributed by atoms with van der Waals surface area (Å²) < 4.78 is 0.923. The third-order valence-corrected chi connectivity index (χ3v) is 3.78. The molecular weight excluding hydrogens is 344 g/mol. The van der Waals surface area contributed by atoms with Gasteiger partial charge in [-0.3, -0.25) is 0 Å². The topological polar surface area (TPSA) is 38.0 Å². The number of nitrogens with two attached hydrogens (primary N) is 1. The van der Waals surface area contributed by atoms with Gasteiger partial charge < -0.3 is 11.1 Å². The van der Waals surface area contributed by atoms with Crippen LogP contribution < -0.4 is 11.1 Å². The Morgan fingerprint density at radius 3 is 2.63 bits per heavy atom. The number of hydrogen-bond acceptors (Lipinski definition) is 2. The van der Waals surface area contributed by atoms with Crippen molar-refractivity contribution in [1.29, 1.82) is 0 Å². The lowest BCUT2D eigenvalue weighted by atomic mass is 10.1. The van der Waals surface area contributed by atoms with Gasteiger partial charge in [0.25, 0.3) is 0 Å². The van der Waals surface area contributed by atoms with Crippen LogP contribution in [0.3, 0.4) is 0 Å². The molecule has 2 aromatic carbocycles. The van der Waals surface area contributed by atoms with E-state index < -0.39 is 0 Å². The molecule has 0 aliphatic rings. The predicted octanol–water partition coefficient (Wildman–Crippen LogP) is 4.79. The van der Waals surface area contributed by atoms with Gasteiger partial charge in [-0.2, -0.15) is 0 Å². The van der Waals surface area contributed by atoms with Crippen LogP contribution in [-0.4, -0.2) is 4.99 Å². The molecule has 0 amide bonds. The molecule has 0 fully saturated rings. The summed E-state index contributed by atoms with van der Waals surface area (Å²) in [5.41, 5.74) is 9.42. The van der Waals surface area contributed by atoms with E-state index in [1.54, 1.807) is 0 Å². The lowest BCUT2D eigenvalue weighted by molar-refractivity contribution is 1.43. The van der Waals surface area contributed by atoms with Crippen LogP contribution in [0.1, 0.15) is 11.1 Å². The van der Waals surface area contributed by atoms with E-state index in [1.165, 1.54) is 0 Å². The predicted molar refractivity (Wildman–Crippen MR) is 89.5 cm³/mol. The van der Waals surface area contributed by atoms with Gasteiger partial charge in [0.05, 0.1) is 5.69 Å². The molecule has 0 aromatic heterocycles. The second kappa shape index (κ2) is 5.90. The van der Waals surface area contributed by atoms with E-state index in [-0.39, 0.29) is 0 Å². The van der Waals surface area contributed by atoms with Gasteiger partial charge >= 0.3 is 0 Å². The zero-order valence-electron chi connectivity index (χ0n) is 10.2. The Bertz CT molecular complexity index is 643. The highest BCUT2D eigenvalue weighted by Crippen LogP contribution is 2.30. The summed E-state index contributed by atoms with van der Waals surface area (Å²) in [4.78, 5) is 0.365. The summed E-state index contributed by atoms with van der Waals surface area (Å²) in [6, 6.07) is 11.5. The normalized spacial score (nSPS) is 10.3. The molecule has 0 spiro atoms. The maximum atomic E-state index is 6.00. The molecule has 0 aliphatic heterocycles. The number of hydrogen-bond donors (Lipinski definition) is 2. The van der Waals surface area contributed by atoms with Crippen LogP contribution >= 0.6 is 39.7 Å². The lowest BCUT2D eigenvalue weighted by Crippen LogP contribution is -2.12. The minimum absolute atomic E-state index is 0.365. The van der Waals surface area contributed by atoms with Gasteiger partial charge in [-0.1, -0.05) is 35.4 Å². The molecule has 3 N–H and O–H groups in total. The fraction of sp³-hybridized carbons (Fsp3) is 0.0714. The molecule has 0 aliphatic carbocycles. The molecule has 0 bridgehead atoms. The third-order valence-electron chi connectivity index (χ3n) is 2.64. The molecule has 0 heterocycles. The first-order valence-electron chi connectivity index (χ1n) is 5.60. The number of halogens is 2. The fourth-order valence-electron chi connectivity index (χ4n) is 1.71.